The molecule has 8 heteroatoms. The summed E-state index contributed by atoms with van der Waals surface area (Å²) in [4.78, 5) is 37.5. The summed E-state index contributed by atoms with van der Waals surface area (Å²) in [5, 5.41) is 6.73. The van der Waals surface area contributed by atoms with E-state index in [4.69, 9.17) is 4.42 Å². The van der Waals surface area contributed by atoms with Crippen LogP contribution in [0.2, 0.25) is 0 Å². The van der Waals surface area contributed by atoms with E-state index in [0.717, 1.165) is 29.8 Å². The first kappa shape index (κ1) is 19.2. The van der Waals surface area contributed by atoms with E-state index in [-0.39, 0.29) is 18.5 Å². The predicted octanol–water partition coefficient (Wildman–Crippen LogP) is 2.24. The molecule has 2 fully saturated rings. The van der Waals surface area contributed by atoms with Crippen LogP contribution in [-0.2, 0) is 9.59 Å². The van der Waals surface area contributed by atoms with Crippen LogP contribution >= 0.6 is 0 Å². The van der Waals surface area contributed by atoms with Crippen LogP contribution in [0.3, 0.4) is 0 Å². The molecule has 1 atom stereocenters. The van der Waals surface area contributed by atoms with Crippen LogP contribution in [0.4, 0.5) is 4.79 Å². The molecule has 1 aromatic carbocycles. The van der Waals surface area contributed by atoms with E-state index >= 15 is 0 Å². The second-order valence-corrected chi connectivity index (χ2v) is 7.49. The summed E-state index contributed by atoms with van der Waals surface area (Å²) < 4.78 is 5.50. The Balaban J connectivity index is 1.40. The van der Waals surface area contributed by atoms with E-state index in [2.05, 4.69) is 16.1 Å². The Kier molecular flexibility index (Phi) is 5.35. The first-order valence-electron chi connectivity index (χ1n) is 9.87. The van der Waals surface area contributed by atoms with Crippen LogP contribution in [0, 0.1) is 0 Å². The third kappa shape index (κ3) is 3.88. The highest BCUT2D eigenvalue weighted by molar-refractivity contribution is 6.08. The third-order valence-electron chi connectivity index (χ3n) is 5.53. The fourth-order valence-electron chi connectivity index (χ4n) is 4.06. The van der Waals surface area contributed by atoms with E-state index in [1.54, 1.807) is 12.3 Å². The summed E-state index contributed by atoms with van der Waals surface area (Å²) in [5.74, 6) is -0.185. The summed E-state index contributed by atoms with van der Waals surface area (Å²) in [6.45, 7) is -0.0929. The maximum Gasteiger partial charge on any atom is 0.344 e. The lowest BCUT2D eigenvalue weighted by molar-refractivity contribution is -0.139. The molecular formula is C21H24N4O4. The molecule has 0 unspecified atom stereocenters. The van der Waals surface area contributed by atoms with Gasteiger partial charge in [-0.1, -0.05) is 49.6 Å². The molecule has 0 bridgehead atoms. The van der Waals surface area contributed by atoms with E-state index in [9.17, 15) is 14.4 Å². The number of imide groups is 1. The van der Waals surface area contributed by atoms with Gasteiger partial charge in [0, 0.05) is 0 Å². The second-order valence-electron chi connectivity index (χ2n) is 7.49. The van der Waals surface area contributed by atoms with Crippen molar-refractivity contribution in [2.75, 3.05) is 6.54 Å². The van der Waals surface area contributed by atoms with Gasteiger partial charge in [0.25, 0.3) is 11.8 Å². The molecule has 1 aromatic heterocycles. The van der Waals surface area contributed by atoms with Crippen molar-refractivity contribution >= 4 is 17.8 Å². The zero-order valence-electron chi connectivity index (χ0n) is 16.0. The maximum absolute atomic E-state index is 12.8. The van der Waals surface area contributed by atoms with Gasteiger partial charge in [0.2, 0.25) is 0 Å². The number of carbonyl (C=O) groups excluding carboxylic acids is 3. The van der Waals surface area contributed by atoms with Gasteiger partial charge in [0.1, 0.15) is 11.3 Å². The van der Waals surface area contributed by atoms with Crippen molar-refractivity contribution in [2.45, 2.75) is 43.7 Å². The maximum atomic E-state index is 12.8. The van der Waals surface area contributed by atoms with Crippen molar-refractivity contribution in [1.29, 1.82) is 0 Å². The number of rotatable bonds is 6. The Morgan fingerprint density at radius 1 is 1.10 bits per heavy atom. The minimum atomic E-state index is -0.864. The molecule has 8 nitrogen and oxygen atoms in total. The summed E-state index contributed by atoms with van der Waals surface area (Å²) in [5.41, 5.74) is 2.51. The van der Waals surface area contributed by atoms with Crippen LogP contribution < -0.4 is 16.1 Å². The highest BCUT2D eigenvalue weighted by Crippen LogP contribution is 2.33. The molecular weight excluding hydrogens is 372 g/mol. The van der Waals surface area contributed by atoms with Crippen LogP contribution in [0.25, 0.3) is 0 Å². The number of hydrazine groups is 1. The van der Waals surface area contributed by atoms with Gasteiger partial charge in [-0.05, 0) is 30.5 Å². The number of amides is 4. The standard InChI is InChI=1S/C21H24N4O4/c26-17(24-25-19(27)21(23-20(25)28)11-5-2-6-12-21)14-22-18(16-10-7-13-29-16)15-8-3-1-4-9-15/h1,3-4,7-10,13,18,22H,2,5-6,11-12,14H2,(H,23,28)(H,24,26)/t18-/m0/s1. The van der Waals surface area contributed by atoms with E-state index in [1.807, 2.05) is 36.4 Å². The number of urea groups is 1. The molecule has 1 aliphatic heterocycles. The highest BCUT2D eigenvalue weighted by Gasteiger charge is 2.52. The summed E-state index contributed by atoms with van der Waals surface area (Å²) >= 11 is 0. The van der Waals surface area contributed by atoms with Crippen molar-refractivity contribution in [2.24, 2.45) is 0 Å². The van der Waals surface area contributed by atoms with Gasteiger partial charge >= 0.3 is 6.03 Å². The van der Waals surface area contributed by atoms with Gasteiger partial charge in [0.15, 0.2) is 0 Å². The van der Waals surface area contributed by atoms with Crippen LogP contribution in [-0.4, -0.2) is 34.9 Å². The fourth-order valence-corrected chi connectivity index (χ4v) is 4.06. The number of hydrogen-bond acceptors (Lipinski definition) is 5. The average Bonchev–Trinajstić information content (AvgIpc) is 3.34. The van der Waals surface area contributed by atoms with Gasteiger partial charge in [-0.15, -0.1) is 0 Å². The average molecular weight is 396 g/mol. The molecule has 1 saturated heterocycles. The second kappa shape index (κ2) is 8.08. The number of furan rings is 1. The highest BCUT2D eigenvalue weighted by atomic mass is 16.3. The number of nitrogens with zero attached hydrogens (tertiary/aromatic N) is 1. The SMILES string of the molecule is O=C(CN[C@@H](c1ccccc1)c1ccco1)NN1C(=O)NC2(CCCCC2)C1=O. The molecule has 1 spiro atoms. The molecule has 3 N–H and O–H groups in total. The van der Waals surface area contributed by atoms with Crippen LogP contribution in [0.1, 0.15) is 49.5 Å². The zero-order valence-corrected chi connectivity index (χ0v) is 16.0. The van der Waals surface area contributed by atoms with Crippen molar-refractivity contribution in [3.63, 3.8) is 0 Å². The molecule has 4 rings (SSSR count). The van der Waals surface area contributed by atoms with E-state index in [1.165, 1.54) is 0 Å². The Morgan fingerprint density at radius 2 is 1.86 bits per heavy atom. The molecule has 2 aliphatic rings. The molecule has 2 aromatic rings. The first-order chi connectivity index (χ1) is 14.1. The molecule has 1 saturated carbocycles. The molecule has 1 aliphatic carbocycles. The lowest BCUT2D eigenvalue weighted by Gasteiger charge is -2.30. The molecule has 29 heavy (non-hydrogen) atoms. The topological polar surface area (TPSA) is 104 Å². The molecule has 4 amide bonds. The largest absolute Gasteiger partial charge is 0.467 e. The van der Waals surface area contributed by atoms with Crippen molar-refractivity contribution < 1.29 is 18.8 Å². The Hall–Kier alpha value is -3.13. The van der Waals surface area contributed by atoms with Gasteiger partial charge < -0.3 is 9.73 Å². The molecule has 2 heterocycles. The van der Waals surface area contributed by atoms with Crippen molar-refractivity contribution in [3.8, 4) is 0 Å². The Labute approximate surface area is 168 Å². The lowest BCUT2D eigenvalue weighted by atomic mass is 9.82. The first-order valence-corrected chi connectivity index (χ1v) is 9.87. The Bertz CT molecular complexity index is 875. The van der Waals surface area contributed by atoms with Gasteiger partial charge in [-0.2, -0.15) is 5.01 Å². The van der Waals surface area contributed by atoms with Crippen LogP contribution in [0.5, 0.6) is 0 Å². The van der Waals surface area contributed by atoms with E-state index in [0.29, 0.717) is 18.6 Å². The lowest BCUT2D eigenvalue weighted by Crippen LogP contribution is -2.52. The predicted molar refractivity (Wildman–Crippen MR) is 104 cm³/mol. The molecule has 0 radical (unpaired) electrons. The van der Waals surface area contributed by atoms with Gasteiger partial charge in [-0.3, -0.25) is 20.3 Å². The normalized spacial score (nSPS) is 19.2. The summed E-state index contributed by atoms with van der Waals surface area (Å²) in [7, 11) is 0. The van der Waals surface area contributed by atoms with Gasteiger partial charge in [0.05, 0.1) is 18.8 Å². The van der Waals surface area contributed by atoms with Crippen LogP contribution in [0.15, 0.2) is 53.1 Å². The fraction of sp³-hybridized carbons (Fsp3) is 0.381. The number of carbonyl (C=O) groups is 3. The minimum Gasteiger partial charge on any atom is -0.467 e. The Morgan fingerprint density at radius 3 is 2.55 bits per heavy atom. The summed E-state index contributed by atoms with van der Waals surface area (Å²) in [6, 6.07) is 12.3. The number of hydrogen-bond donors (Lipinski definition) is 3. The zero-order chi connectivity index (χ0) is 20.3. The minimum absolute atomic E-state index is 0.0929. The van der Waals surface area contributed by atoms with E-state index < -0.39 is 17.5 Å². The number of benzene rings is 1. The number of nitrogens with one attached hydrogen (secondary N) is 3. The van der Waals surface area contributed by atoms with Crippen molar-refractivity contribution in [3.05, 3.63) is 60.1 Å². The quantitative estimate of drug-likeness (QED) is 0.650. The van der Waals surface area contributed by atoms with Crippen molar-refractivity contribution in [1.82, 2.24) is 21.1 Å². The smallest absolute Gasteiger partial charge is 0.344 e. The third-order valence-corrected chi connectivity index (χ3v) is 5.53. The van der Waals surface area contributed by atoms with Gasteiger partial charge in [-0.25, -0.2) is 4.79 Å². The monoisotopic (exact) mass is 396 g/mol. The molecule has 152 valence electrons. The summed E-state index contributed by atoms with van der Waals surface area (Å²) in [6.07, 6.45) is 5.61.